The zero-order valence-electron chi connectivity index (χ0n) is 10.6. The Balaban J connectivity index is 2.08. The Kier molecular flexibility index (Phi) is 4.63. The van der Waals surface area contributed by atoms with E-state index in [1.54, 1.807) is 4.57 Å². The first-order valence-electron chi connectivity index (χ1n) is 6.57. The molecule has 5 nitrogen and oxygen atoms in total. The molecule has 1 fully saturated rings. The number of ketones is 1. The van der Waals surface area contributed by atoms with Gasteiger partial charge in [0.1, 0.15) is 5.78 Å². The number of unbranched alkanes of at least 4 members (excludes halogenated alkanes) is 1. The Morgan fingerprint density at radius 1 is 1.44 bits per heavy atom. The first kappa shape index (κ1) is 13.4. The van der Waals surface area contributed by atoms with Crippen LogP contribution in [0.1, 0.15) is 45.4 Å². The molecule has 0 unspecified atom stereocenters. The normalized spacial score (nSPS) is 20.3. The summed E-state index contributed by atoms with van der Waals surface area (Å²) in [5, 5.41) is 7.15. The van der Waals surface area contributed by atoms with Gasteiger partial charge in [-0.25, -0.2) is 9.89 Å². The second-order valence-corrected chi connectivity index (χ2v) is 5.80. The second-order valence-electron chi connectivity index (χ2n) is 4.64. The lowest BCUT2D eigenvalue weighted by Crippen LogP contribution is -2.23. The van der Waals surface area contributed by atoms with Crippen LogP contribution in [0.3, 0.4) is 0 Å². The largest absolute Gasteiger partial charge is 0.343 e. The fourth-order valence-corrected chi connectivity index (χ4v) is 3.30. The van der Waals surface area contributed by atoms with Gasteiger partial charge < -0.3 is 0 Å². The summed E-state index contributed by atoms with van der Waals surface area (Å²) in [5.41, 5.74) is -0.172. The Hall–Kier alpha value is -1.04. The summed E-state index contributed by atoms with van der Waals surface area (Å²) in [6, 6.07) is 0. The molecule has 1 aromatic heterocycles. The molecule has 2 rings (SSSR count). The minimum Gasteiger partial charge on any atom is -0.298 e. The molecule has 1 saturated carbocycles. The van der Waals surface area contributed by atoms with Gasteiger partial charge >= 0.3 is 5.69 Å². The van der Waals surface area contributed by atoms with Crippen LogP contribution < -0.4 is 5.69 Å². The van der Waals surface area contributed by atoms with Crippen LogP contribution in [0.15, 0.2) is 9.95 Å². The highest BCUT2D eigenvalue weighted by atomic mass is 32.2. The van der Waals surface area contributed by atoms with Crippen molar-refractivity contribution in [1.82, 2.24) is 14.8 Å². The molecule has 0 bridgehead atoms. The molecule has 0 radical (unpaired) electrons. The number of nitrogens with zero attached hydrogens (tertiary/aromatic N) is 2. The smallest absolute Gasteiger partial charge is 0.298 e. The third-order valence-electron chi connectivity index (χ3n) is 3.20. The van der Waals surface area contributed by atoms with Crippen molar-refractivity contribution in [3.63, 3.8) is 0 Å². The summed E-state index contributed by atoms with van der Waals surface area (Å²) in [6.07, 6.45) is 5.64. The van der Waals surface area contributed by atoms with Gasteiger partial charge in [-0.3, -0.25) is 9.36 Å². The lowest BCUT2D eigenvalue weighted by atomic mass is 9.99. The lowest BCUT2D eigenvalue weighted by molar-refractivity contribution is -0.119. The Bertz CT molecular complexity index is 466. The maximum absolute atomic E-state index is 11.8. The molecule has 1 aliphatic carbocycles. The minimum atomic E-state index is -0.172. The van der Waals surface area contributed by atoms with E-state index in [0.29, 0.717) is 23.9 Å². The average molecular weight is 269 g/mol. The van der Waals surface area contributed by atoms with Gasteiger partial charge in [-0.2, -0.15) is 0 Å². The number of aromatic amines is 1. The Labute approximate surface area is 110 Å². The molecular formula is C12H19N3O2S. The Morgan fingerprint density at radius 2 is 2.28 bits per heavy atom. The van der Waals surface area contributed by atoms with Crippen LogP contribution in [0, 0.1) is 0 Å². The van der Waals surface area contributed by atoms with Crippen molar-refractivity contribution in [3.05, 3.63) is 10.5 Å². The van der Waals surface area contributed by atoms with E-state index in [4.69, 9.17) is 0 Å². The van der Waals surface area contributed by atoms with Gasteiger partial charge in [0.25, 0.3) is 0 Å². The summed E-state index contributed by atoms with van der Waals surface area (Å²) in [5.74, 6) is 0.295. The molecule has 0 saturated heterocycles. The van der Waals surface area contributed by atoms with Crippen LogP contribution in [0.4, 0.5) is 0 Å². The number of nitrogens with one attached hydrogen (secondary N) is 1. The highest BCUT2D eigenvalue weighted by molar-refractivity contribution is 8.00. The predicted octanol–water partition coefficient (Wildman–Crippen LogP) is 1.98. The molecule has 1 atom stereocenters. The van der Waals surface area contributed by atoms with Crippen molar-refractivity contribution >= 4 is 17.5 Å². The summed E-state index contributed by atoms with van der Waals surface area (Å²) in [7, 11) is 0. The van der Waals surface area contributed by atoms with Crippen LogP contribution in [0.25, 0.3) is 0 Å². The number of rotatable bonds is 5. The monoisotopic (exact) mass is 269 g/mol. The number of carbonyl (C=O) groups excluding carboxylic acids is 1. The highest BCUT2D eigenvalue weighted by Crippen LogP contribution is 2.29. The minimum absolute atomic E-state index is 0.0191. The maximum atomic E-state index is 11.8. The molecule has 100 valence electrons. The van der Waals surface area contributed by atoms with Crippen molar-refractivity contribution in [3.8, 4) is 0 Å². The van der Waals surface area contributed by atoms with Crippen molar-refractivity contribution in [2.45, 2.75) is 62.4 Å². The lowest BCUT2D eigenvalue weighted by Gasteiger charge is -2.19. The van der Waals surface area contributed by atoms with Gasteiger partial charge in [-0.1, -0.05) is 31.5 Å². The molecular weight excluding hydrogens is 250 g/mol. The van der Waals surface area contributed by atoms with E-state index in [0.717, 1.165) is 32.1 Å². The number of carbonyl (C=O) groups is 1. The number of hydrogen-bond acceptors (Lipinski definition) is 4. The number of Topliss-reactive ketones (excluding diaryl/α,β-unsaturated/α-hetero) is 1. The van der Waals surface area contributed by atoms with Crippen molar-refractivity contribution < 1.29 is 4.79 Å². The second kappa shape index (κ2) is 6.22. The maximum Gasteiger partial charge on any atom is 0.343 e. The molecule has 1 aromatic rings. The Morgan fingerprint density at radius 3 is 3.00 bits per heavy atom. The van der Waals surface area contributed by atoms with Crippen molar-refractivity contribution in [2.75, 3.05) is 0 Å². The van der Waals surface area contributed by atoms with Gasteiger partial charge in [-0.05, 0) is 19.3 Å². The van der Waals surface area contributed by atoms with Crippen LogP contribution in [0.5, 0.6) is 0 Å². The molecule has 18 heavy (non-hydrogen) atoms. The molecule has 0 aliphatic heterocycles. The summed E-state index contributed by atoms with van der Waals surface area (Å²) >= 11 is 1.44. The first-order valence-corrected chi connectivity index (χ1v) is 7.45. The number of aromatic nitrogens is 3. The quantitative estimate of drug-likeness (QED) is 0.887. The SMILES string of the molecule is CCCCn1c(S[C@@H]2CCCCC2=O)n[nH]c1=O. The van der Waals surface area contributed by atoms with Crippen LogP contribution in [-0.4, -0.2) is 25.8 Å². The summed E-state index contributed by atoms with van der Waals surface area (Å²) < 4.78 is 1.65. The number of hydrogen-bond donors (Lipinski definition) is 1. The van der Waals surface area contributed by atoms with Gasteiger partial charge in [-0.15, -0.1) is 5.10 Å². The molecule has 0 spiro atoms. The average Bonchev–Trinajstić information content (AvgIpc) is 2.71. The fourth-order valence-electron chi connectivity index (χ4n) is 2.11. The molecule has 1 aliphatic rings. The fraction of sp³-hybridized carbons (Fsp3) is 0.750. The molecule has 1 heterocycles. The van der Waals surface area contributed by atoms with Gasteiger partial charge in [0.05, 0.1) is 5.25 Å². The number of thioether (sulfide) groups is 1. The highest BCUT2D eigenvalue weighted by Gasteiger charge is 2.25. The third-order valence-corrected chi connectivity index (χ3v) is 4.51. The molecule has 1 N–H and O–H groups in total. The first-order chi connectivity index (χ1) is 8.72. The molecule has 0 aromatic carbocycles. The standard InChI is InChI=1S/C12H19N3O2S/c1-2-3-8-15-11(17)13-14-12(15)18-10-7-5-4-6-9(10)16/h10H,2-8H2,1H3,(H,13,17)/t10-/m1/s1. The number of H-pyrrole nitrogens is 1. The summed E-state index contributed by atoms with van der Waals surface area (Å²) in [4.78, 5) is 23.4. The van der Waals surface area contributed by atoms with Gasteiger partial charge in [0, 0.05) is 13.0 Å². The topological polar surface area (TPSA) is 67.8 Å². The van der Waals surface area contributed by atoms with E-state index in [1.165, 1.54) is 11.8 Å². The zero-order chi connectivity index (χ0) is 13.0. The third kappa shape index (κ3) is 3.04. The van der Waals surface area contributed by atoms with Crippen LogP contribution in [-0.2, 0) is 11.3 Å². The van der Waals surface area contributed by atoms with Gasteiger partial charge in [0.2, 0.25) is 0 Å². The van der Waals surface area contributed by atoms with E-state index < -0.39 is 0 Å². The van der Waals surface area contributed by atoms with E-state index in [-0.39, 0.29) is 10.9 Å². The predicted molar refractivity (Wildman–Crippen MR) is 70.9 cm³/mol. The van der Waals surface area contributed by atoms with Crippen LogP contribution in [0.2, 0.25) is 0 Å². The van der Waals surface area contributed by atoms with E-state index in [1.807, 2.05) is 0 Å². The summed E-state index contributed by atoms with van der Waals surface area (Å²) in [6.45, 7) is 2.76. The van der Waals surface area contributed by atoms with Crippen molar-refractivity contribution in [2.24, 2.45) is 0 Å². The van der Waals surface area contributed by atoms with Gasteiger partial charge in [0.15, 0.2) is 5.16 Å². The zero-order valence-corrected chi connectivity index (χ0v) is 11.5. The molecule has 0 amide bonds. The van der Waals surface area contributed by atoms with E-state index in [9.17, 15) is 9.59 Å². The van der Waals surface area contributed by atoms with Crippen LogP contribution >= 0.6 is 11.8 Å². The molecule has 6 heteroatoms. The van der Waals surface area contributed by atoms with E-state index >= 15 is 0 Å². The van der Waals surface area contributed by atoms with Crippen molar-refractivity contribution in [1.29, 1.82) is 0 Å². The van der Waals surface area contributed by atoms with E-state index in [2.05, 4.69) is 17.1 Å².